The molecule has 1 fully saturated rings. The van der Waals surface area contributed by atoms with Gasteiger partial charge in [0.15, 0.2) is 5.82 Å². The number of halogens is 2. The molecule has 1 aliphatic heterocycles. The van der Waals surface area contributed by atoms with Gasteiger partial charge in [0, 0.05) is 34.7 Å². The largest absolute Gasteiger partial charge is 0.464 e. The van der Waals surface area contributed by atoms with Crippen LogP contribution in [-0.2, 0) is 24.3 Å². The molecule has 2 aromatic heterocycles. The van der Waals surface area contributed by atoms with Gasteiger partial charge in [0.1, 0.15) is 12.4 Å². The first-order valence-corrected chi connectivity index (χ1v) is 15.4. The molecule has 0 atom stereocenters. The monoisotopic (exact) mass is 630 g/mol. The van der Waals surface area contributed by atoms with Crippen LogP contribution < -0.4 is 14.5 Å². The summed E-state index contributed by atoms with van der Waals surface area (Å²) >= 11 is 12.2. The molecule has 220 valence electrons. The molecule has 14 heteroatoms. The lowest BCUT2D eigenvalue weighted by Crippen LogP contribution is -2.48. The molecule has 1 aliphatic rings. The van der Waals surface area contributed by atoms with Gasteiger partial charge in [-0.05, 0) is 48.9 Å². The molecule has 1 N–H and O–H groups in total. The predicted octanol–water partition coefficient (Wildman–Crippen LogP) is 4.20. The van der Waals surface area contributed by atoms with Gasteiger partial charge in [-0.15, -0.1) is 0 Å². The summed E-state index contributed by atoms with van der Waals surface area (Å²) < 4.78 is 35.7. The van der Waals surface area contributed by atoms with Gasteiger partial charge in [-0.2, -0.15) is 0 Å². The smallest absolute Gasteiger partial charge is 0.326 e. The second-order valence-electron chi connectivity index (χ2n) is 9.62. The minimum absolute atomic E-state index is 0.0666. The minimum atomic E-state index is -4.26. The third-order valence-corrected chi connectivity index (χ3v) is 8.84. The van der Waals surface area contributed by atoms with Gasteiger partial charge in [-0.3, -0.25) is 18.5 Å². The zero-order valence-electron chi connectivity index (χ0n) is 22.7. The SMILES string of the molecule is CCCCOC(=O)CN(c1ccc2c(ccn2-c2cnc(N3CCNC(=O)C3)cn2)c1)S(=O)(=O)c1cc(Cl)cc(Cl)c1. The summed E-state index contributed by atoms with van der Waals surface area (Å²) in [5, 5.41) is 3.78. The van der Waals surface area contributed by atoms with Crippen molar-refractivity contribution in [3.05, 3.63) is 71.1 Å². The second-order valence-corrected chi connectivity index (χ2v) is 12.4. The van der Waals surface area contributed by atoms with Gasteiger partial charge in [0.2, 0.25) is 5.91 Å². The third-order valence-electron chi connectivity index (χ3n) is 6.65. The van der Waals surface area contributed by atoms with Gasteiger partial charge in [-0.1, -0.05) is 36.5 Å². The molecular weight excluding hydrogens is 603 g/mol. The van der Waals surface area contributed by atoms with Crippen LogP contribution in [0.15, 0.2) is 66.0 Å². The number of sulfonamides is 1. The number of aromatic nitrogens is 3. The summed E-state index contributed by atoms with van der Waals surface area (Å²) in [4.78, 5) is 35.2. The molecule has 0 bridgehead atoms. The number of anilines is 2. The van der Waals surface area contributed by atoms with Crippen molar-refractivity contribution in [3.63, 3.8) is 0 Å². The lowest BCUT2D eigenvalue weighted by atomic mass is 10.2. The van der Waals surface area contributed by atoms with E-state index >= 15 is 0 Å². The maximum atomic E-state index is 13.8. The molecule has 3 heterocycles. The fourth-order valence-corrected chi connectivity index (χ4v) is 6.66. The summed E-state index contributed by atoms with van der Waals surface area (Å²) in [6.45, 7) is 3.02. The van der Waals surface area contributed by atoms with Crippen LogP contribution >= 0.6 is 23.2 Å². The van der Waals surface area contributed by atoms with E-state index in [-0.39, 0.29) is 39.7 Å². The Labute approximate surface area is 253 Å². The van der Waals surface area contributed by atoms with Gasteiger partial charge in [0.25, 0.3) is 10.0 Å². The van der Waals surface area contributed by atoms with Gasteiger partial charge >= 0.3 is 5.97 Å². The molecule has 1 saturated heterocycles. The maximum absolute atomic E-state index is 13.8. The average Bonchev–Trinajstić information content (AvgIpc) is 3.39. The van der Waals surface area contributed by atoms with Crippen LogP contribution in [0.5, 0.6) is 0 Å². The first kappa shape index (κ1) is 29.6. The summed E-state index contributed by atoms with van der Waals surface area (Å²) in [5.41, 5.74) is 1.00. The molecule has 0 radical (unpaired) electrons. The van der Waals surface area contributed by atoms with E-state index in [0.29, 0.717) is 36.5 Å². The van der Waals surface area contributed by atoms with Crippen LogP contribution in [0.4, 0.5) is 11.5 Å². The lowest BCUT2D eigenvalue weighted by molar-refractivity contribution is -0.141. The molecule has 0 saturated carbocycles. The van der Waals surface area contributed by atoms with Crippen molar-refractivity contribution in [3.8, 4) is 5.82 Å². The zero-order valence-corrected chi connectivity index (χ0v) is 25.0. The van der Waals surface area contributed by atoms with Crippen molar-refractivity contribution in [2.75, 3.05) is 42.0 Å². The summed E-state index contributed by atoms with van der Waals surface area (Å²) in [7, 11) is -4.26. The molecule has 0 aliphatic carbocycles. The quantitative estimate of drug-likeness (QED) is 0.204. The normalized spacial score (nSPS) is 13.7. The number of hydrogen-bond acceptors (Lipinski definition) is 8. The average molecular weight is 632 g/mol. The molecule has 4 aromatic rings. The Bertz CT molecular complexity index is 1710. The van der Waals surface area contributed by atoms with Crippen molar-refractivity contribution >= 4 is 67.5 Å². The highest BCUT2D eigenvalue weighted by Gasteiger charge is 2.29. The third kappa shape index (κ3) is 6.45. The van der Waals surface area contributed by atoms with Crippen LogP contribution in [0, 0.1) is 0 Å². The van der Waals surface area contributed by atoms with Gasteiger partial charge in [-0.25, -0.2) is 18.4 Å². The van der Waals surface area contributed by atoms with Gasteiger partial charge < -0.3 is 15.0 Å². The van der Waals surface area contributed by atoms with Crippen LogP contribution in [-0.4, -0.2) is 67.6 Å². The molecule has 42 heavy (non-hydrogen) atoms. The Kier molecular flexibility index (Phi) is 8.85. The Morgan fingerprint density at radius 2 is 1.81 bits per heavy atom. The highest BCUT2D eigenvalue weighted by Crippen LogP contribution is 2.31. The van der Waals surface area contributed by atoms with Crippen molar-refractivity contribution in [1.82, 2.24) is 19.9 Å². The summed E-state index contributed by atoms with van der Waals surface area (Å²) in [6.07, 6.45) is 6.51. The standard InChI is InChI=1S/C28H28Cl2N6O5S/c1-2-3-10-41-28(38)18-36(42(39,40)23-13-20(29)12-21(30)14-23)22-4-5-24-19(11-22)6-8-35(24)26-16-32-25(15-33-26)34-9-7-31-27(37)17-34/h4-6,8,11-16H,2-3,7,9-10,17-18H2,1H3,(H,31,37). The molecule has 0 spiro atoms. The minimum Gasteiger partial charge on any atom is -0.464 e. The van der Waals surface area contributed by atoms with E-state index in [1.165, 1.54) is 18.2 Å². The topological polar surface area (TPSA) is 127 Å². The Morgan fingerprint density at radius 3 is 2.50 bits per heavy atom. The van der Waals surface area contributed by atoms with E-state index in [9.17, 15) is 18.0 Å². The molecule has 11 nitrogen and oxygen atoms in total. The number of carbonyl (C=O) groups is 2. The van der Waals surface area contributed by atoms with E-state index in [1.54, 1.807) is 36.8 Å². The first-order chi connectivity index (χ1) is 20.2. The number of ether oxygens (including phenoxy) is 1. The predicted molar refractivity (Wildman–Crippen MR) is 161 cm³/mol. The van der Waals surface area contributed by atoms with Crippen LogP contribution in [0.2, 0.25) is 10.0 Å². The number of hydrogen-bond donors (Lipinski definition) is 1. The number of rotatable bonds is 10. The summed E-state index contributed by atoms with van der Waals surface area (Å²) in [6, 6.07) is 10.8. The fraction of sp³-hybridized carbons (Fsp3) is 0.286. The number of amides is 1. The Morgan fingerprint density at radius 1 is 1.07 bits per heavy atom. The number of nitrogens with zero attached hydrogens (tertiary/aromatic N) is 5. The molecule has 1 amide bonds. The number of fused-ring (bicyclic) bond motifs is 1. The Balaban J connectivity index is 1.47. The maximum Gasteiger partial charge on any atom is 0.326 e. The van der Waals surface area contributed by atoms with Crippen LogP contribution in [0.25, 0.3) is 16.7 Å². The molecular formula is C28H28Cl2N6O5S. The summed E-state index contributed by atoms with van der Waals surface area (Å²) in [5.74, 6) is 0.392. The molecule has 5 rings (SSSR count). The molecule has 0 unspecified atom stereocenters. The van der Waals surface area contributed by atoms with E-state index < -0.39 is 22.5 Å². The first-order valence-electron chi connectivity index (χ1n) is 13.3. The number of unbranched alkanes of at least 4 members (excludes halogenated alkanes) is 1. The van der Waals surface area contributed by atoms with E-state index in [2.05, 4.69) is 15.3 Å². The number of carbonyl (C=O) groups excluding carboxylic acids is 2. The highest BCUT2D eigenvalue weighted by atomic mass is 35.5. The van der Waals surface area contributed by atoms with Crippen molar-refractivity contribution < 1.29 is 22.7 Å². The van der Waals surface area contributed by atoms with Crippen molar-refractivity contribution in [1.29, 1.82) is 0 Å². The second kappa shape index (κ2) is 12.6. The van der Waals surface area contributed by atoms with E-state index in [4.69, 9.17) is 27.9 Å². The van der Waals surface area contributed by atoms with E-state index in [0.717, 1.165) is 16.2 Å². The lowest BCUT2D eigenvalue weighted by Gasteiger charge is -2.27. The fourth-order valence-electron chi connectivity index (χ4n) is 4.53. The van der Waals surface area contributed by atoms with Crippen molar-refractivity contribution in [2.45, 2.75) is 24.7 Å². The van der Waals surface area contributed by atoms with Crippen LogP contribution in [0.3, 0.4) is 0 Å². The number of esters is 1. The Hall–Kier alpha value is -3.87. The number of piperazine rings is 1. The number of benzene rings is 2. The van der Waals surface area contributed by atoms with E-state index in [1.807, 2.05) is 22.5 Å². The van der Waals surface area contributed by atoms with Crippen molar-refractivity contribution in [2.24, 2.45) is 0 Å². The molecule has 2 aromatic carbocycles. The highest BCUT2D eigenvalue weighted by molar-refractivity contribution is 7.92. The van der Waals surface area contributed by atoms with Gasteiger partial charge in [0.05, 0.1) is 41.6 Å². The number of nitrogens with one attached hydrogen (secondary N) is 1. The van der Waals surface area contributed by atoms with Crippen LogP contribution in [0.1, 0.15) is 19.8 Å². The zero-order chi connectivity index (χ0) is 29.9.